The minimum atomic E-state index is -1.02. The van der Waals surface area contributed by atoms with Crippen LogP contribution < -0.4 is 5.73 Å². The Balaban J connectivity index is 2.09. The lowest BCUT2D eigenvalue weighted by molar-refractivity contribution is -0.117. The molecule has 0 aliphatic heterocycles. The van der Waals surface area contributed by atoms with Gasteiger partial charge in [0, 0.05) is 0 Å². The predicted molar refractivity (Wildman–Crippen MR) is 99.5 cm³/mol. The minimum Gasteiger partial charge on any atom is -0.612 e. The molecule has 2 aromatic rings. The van der Waals surface area contributed by atoms with Gasteiger partial charge in [-0.3, -0.25) is 4.79 Å². The van der Waals surface area contributed by atoms with E-state index < -0.39 is 17.1 Å². The molecule has 128 valence electrons. The van der Waals surface area contributed by atoms with E-state index in [1.165, 1.54) is 12.1 Å². The second kappa shape index (κ2) is 6.86. The molecule has 1 atom stereocenters. The molecule has 2 N–H and O–H groups in total. The molecule has 1 aliphatic carbocycles. The number of hydrogen-bond acceptors (Lipinski definition) is 2. The van der Waals surface area contributed by atoms with E-state index in [1.54, 1.807) is 12.3 Å². The number of primary amides is 1. The van der Waals surface area contributed by atoms with Gasteiger partial charge in [-0.15, -0.1) is 0 Å². The average Bonchev–Trinajstić information content (AvgIpc) is 2.80. The van der Waals surface area contributed by atoms with Crippen LogP contribution in [-0.4, -0.2) is 16.7 Å². The smallest absolute Gasteiger partial charge is 0.221 e. The summed E-state index contributed by atoms with van der Waals surface area (Å²) in [6, 6.07) is 12.0. The van der Waals surface area contributed by atoms with Crippen molar-refractivity contribution >= 4 is 34.3 Å². The van der Waals surface area contributed by atoms with Gasteiger partial charge in [0.1, 0.15) is 12.1 Å². The summed E-state index contributed by atoms with van der Waals surface area (Å²) in [7, 11) is 0. The van der Waals surface area contributed by atoms with Crippen molar-refractivity contribution in [3.05, 3.63) is 70.5 Å². The lowest BCUT2D eigenvalue weighted by Crippen LogP contribution is -2.10. The molecule has 0 saturated carbocycles. The molecule has 1 aliphatic rings. The Kier molecular flexibility index (Phi) is 4.79. The van der Waals surface area contributed by atoms with Crippen LogP contribution in [0.5, 0.6) is 0 Å². The van der Waals surface area contributed by atoms with Crippen LogP contribution in [-0.2, 0) is 16.0 Å². The lowest BCUT2D eigenvalue weighted by Gasteiger charge is -2.06. The number of fused-ring (bicyclic) bond motifs is 1. The molecule has 0 aromatic heterocycles. The molecular weight excluding hydrogens is 337 g/mol. The molecule has 0 spiro atoms. The zero-order valence-electron chi connectivity index (χ0n) is 14.0. The average molecular weight is 355 g/mol. The SMILES string of the molecule is CC1=C(CC(N)=O)c2cc(F)ccc2/C1=C\c1ccc([S+](C)[O-])cc1. The van der Waals surface area contributed by atoms with Gasteiger partial charge in [-0.1, -0.05) is 6.07 Å². The molecule has 2 aromatic carbocycles. The highest BCUT2D eigenvalue weighted by molar-refractivity contribution is 7.90. The van der Waals surface area contributed by atoms with Gasteiger partial charge >= 0.3 is 0 Å². The summed E-state index contributed by atoms with van der Waals surface area (Å²) in [6.45, 7) is 1.91. The number of rotatable bonds is 4. The third kappa shape index (κ3) is 3.52. The summed E-state index contributed by atoms with van der Waals surface area (Å²) in [5, 5.41) is 0. The Morgan fingerprint density at radius 3 is 2.48 bits per heavy atom. The molecule has 3 nitrogen and oxygen atoms in total. The highest BCUT2D eigenvalue weighted by atomic mass is 32.2. The van der Waals surface area contributed by atoms with Gasteiger partial charge in [-0.25, -0.2) is 4.39 Å². The first-order valence-electron chi connectivity index (χ1n) is 7.80. The zero-order valence-corrected chi connectivity index (χ0v) is 14.8. The first-order chi connectivity index (χ1) is 11.9. The number of allylic oxidation sites excluding steroid dienone is 2. The van der Waals surface area contributed by atoms with Crippen molar-refractivity contribution < 1.29 is 13.7 Å². The molecule has 0 saturated heterocycles. The minimum absolute atomic E-state index is 0.0768. The third-order valence-corrected chi connectivity index (χ3v) is 5.26. The topological polar surface area (TPSA) is 66.2 Å². The molecular formula is C20H18FNO2S. The summed E-state index contributed by atoms with van der Waals surface area (Å²) in [4.78, 5) is 12.2. The molecule has 0 radical (unpaired) electrons. The first kappa shape index (κ1) is 17.5. The molecule has 3 rings (SSSR count). The van der Waals surface area contributed by atoms with Crippen LogP contribution >= 0.6 is 0 Å². The molecule has 25 heavy (non-hydrogen) atoms. The number of hydrogen-bond donors (Lipinski definition) is 1. The highest BCUT2D eigenvalue weighted by Crippen LogP contribution is 2.43. The van der Waals surface area contributed by atoms with Crippen LogP contribution in [0.25, 0.3) is 17.2 Å². The Morgan fingerprint density at radius 2 is 1.88 bits per heavy atom. The van der Waals surface area contributed by atoms with E-state index in [-0.39, 0.29) is 12.2 Å². The van der Waals surface area contributed by atoms with Crippen molar-refractivity contribution in [2.24, 2.45) is 5.73 Å². The predicted octanol–water partition coefficient (Wildman–Crippen LogP) is 3.77. The summed E-state index contributed by atoms with van der Waals surface area (Å²) in [6.07, 6.45) is 3.70. The Morgan fingerprint density at radius 1 is 1.20 bits per heavy atom. The van der Waals surface area contributed by atoms with Gasteiger partial charge < -0.3 is 10.3 Å². The lowest BCUT2D eigenvalue weighted by atomic mass is 10.0. The number of nitrogens with two attached hydrogens (primary N) is 1. The molecule has 1 unspecified atom stereocenters. The van der Waals surface area contributed by atoms with E-state index in [0.29, 0.717) is 5.56 Å². The number of benzene rings is 2. The Bertz CT molecular complexity index is 898. The monoisotopic (exact) mass is 355 g/mol. The van der Waals surface area contributed by atoms with Crippen LogP contribution in [0.1, 0.15) is 30.0 Å². The normalized spacial score (nSPS) is 16.2. The van der Waals surface area contributed by atoms with E-state index in [2.05, 4.69) is 0 Å². The van der Waals surface area contributed by atoms with Crippen LogP contribution in [0.4, 0.5) is 4.39 Å². The quantitative estimate of drug-likeness (QED) is 0.849. The molecule has 0 heterocycles. The molecule has 1 amide bonds. The van der Waals surface area contributed by atoms with Gasteiger partial charge in [0.05, 0.1) is 6.42 Å². The fourth-order valence-corrected chi connectivity index (χ4v) is 3.60. The maximum Gasteiger partial charge on any atom is 0.221 e. The molecule has 5 heteroatoms. The second-order valence-electron chi connectivity index (χ2n) is 6.02. The van der Waals surface area contributed by atoms with Gasteiger partial charge in [0.2, 0.25) is 5.91 Å². The van der Waals surface area contributed by atoms with Gasteiger partial charge in [0.15, 0.2) is 4.90 Å². The largest absolute Gasteiger partial charge is 0.612 e. The van der Waals surface area contributed by atoms with Gasteiger partial charge in [-0.2, -0.15) is 0 Å². The number of halogens is 1. The van der Waals surface area contributed by atoms with Gasteiger partial charge in [-0.05, 0) is 94.0 Å². The van der Waals surface area contributed by atoms with Crippen LogP contribution in [0.2, 0.25) is 0 Å². The van der Waals surface area contributed by atoms with E-state index in [4.69, 9.17) is 5.73 Å². The van der Waals surface area contributed by atoms with E-state index in [1.807, 2.05) is 37.3 Å². The van der Waals surface area contributed by atoms with Crippen LogP contribution in [0, 0.1) is 5.82 Å². The van der Waals surface area contributed by atoms with Crippen molar-refractivity contribution in [3.8, 4) is 0 Å². The first-order valence-corrected chi connectivity index (χ1v) is 9.36. The van der Waals surface area contributed by atoms with Crippen molar-refractivity contribution in [3.63, 3.8) is 0 Å². The standard InChI is InChI=1S/C20H18FNO2S/c1-12-17(9-13-3-6-15(7-4-13)25(2)24)16-8-5-14(21)10-19(16)18(12)11-20(22)23/h3-10H,11H2,1-2H3,(H2,22,23)/b17-9-. The maximum atomic E-state index is 13.7. The summed E-state index contributed by atoms with van der Waals surface area (Å²) < 4.78 is 25.2. The zero-order chi connectivity index (χ0) is 18.1. The van der Waals surface area contributed by atoms with Crippen molar-refractivity contribution in [1.82, 2.24) is 0 Å². The fourth-order valence-electron chi connectivity index (χ4n) is 3.08. The highest BCUT2D eigenvalue weighted by Gasteiger charge is 2.25. The Hall–Kier alpha value is -2.37. The van der Waals surface area contributed by atoms with E-state index >= 15 is 0 Å². The maximum absolute atomic E-state index is 13.7. The van der Waals surface area contributed by atoms with Crippen molar-refractivity contribution in [2.75, 3.05) is 6.26 Å². The summed E-state index contributed by atoms with van der Waals surface area (Å²) >= 11 is -1.02. The fraction of sp³-hybridized carbons (Fsp3) is 0.150. The summed E-state index contributed by atoms with van der Waals surface area (Å²) in [5.74, 6) is -0.787. The van der Waals surface area contributed by atoms with Gasteiger partial charge in [0.25, 0.3) is 0 Å². The Labute approximate surface area is 149 Å². The summed E-state index contributed by atoms with van der Waals surface area (Å²) in [5.41, 5.74) is 10.5. The molecule has 0 bridgehead atoms. The van der Waals surface area contributed by atoms with E-state index in [9.17, 15) is 13.7 Å². The number of amides is 1. The van der Waals surface area contributed by atoms with Crippen molar-refractivity contribution in [1.29, 1.82) is 0 Å². The number of carbonyl (C=O) groups excluding carboxylic acids is 1. The van der Waals surface area contributed by atoms with Crippen LogP contribution in [0.15, 0.2) is 52.9 Å². The number of carbonyl (C=O) groups is 1. The molecule has 0 fully saturated rings. The van der Waals surface area contributed by atoms with Crippen LogP contribution in [0.3, 0.4) is 0 Å². The third-order valence-electron chi connectivity index (χ3n) is 4.33. The van der Waals surface area contributed by atoms with E-state index in [0.717, 1.165) is 32.7 Å². The van der Waals surface area contributed by atoms with Crippen molar-refractivity contribution in [2.45, 2.75) is 18.2 Å². The second-order valence-corrected chi connectivity index (χ2v) is 7.40.